The molecular formula is C25H19N3O6. The largest absolute Gasteiger partial charge is 0.480 e. The van der Waals surface area contributed by atoms with Gasteiger partial charge in [0.2, 0.25) is 0 Å². The second kappa shape index (κ2) is 9.78. The molecule has 3 aromatic carbocycles. The van der Waals surface area contributed by atoms with E-state index in [9.17, 15) is 24.8 Å². The lowest BCUT2D eigenvalue weighted by atomic mass is 10.1. The van der Waals surface area contributed by atoms with Crippen molar-refractivity contribution in [3.8, 4) is 11.5 Å². The van der Waals surface area contributed by atoms with Crippen LogP contribution in [0.1, 0.15) is 16.1 Å². The fourth-order valence-corrected chi connectivity index (χ4v) is 3.34. The Balaban J connectivity index is 1.41. The van der Waals surface area contributed by atoms with Crippen molar-refractivity contribution >= 4 is 28.3 Å². The fourth-order valence-electron chi connectivity index (χ4n) is 3.34. The number of hydrogen-bond donors (Lipinski definition) is 2. The number of carbonyl (C=O) groups excluding carboxylic acids is 1. The van der Waals surface area contributed by atoms with Gasteiger partial charge in [0.25, 0.3) is 11.6 Å². The number of pyridine rings is 1. The number of nitrogens with one attached hydrogen (secondary N) is 1. The molecule has 0 aliphatic carbocycles. The van der Waals surface area contributed by atoms with Crippen LogP contribution in [0, 0.1) is 10.1 Å². The zero-order chi connectivity index (χ0) is 24.1. The number of nitro benzene ring substituents is 1. The standard InChI is InChI=1S/C25H19N3O6/c29-24(22-14-17-3-1-2-4-18(17)15-26-22)27-23(25(30)31)13-16-5-9-20(10-6-16)34-21-11-7-19(8-12-21)28(32)33/h1-12,14-15,23H,13H2,(H,27,29)(H,30,31)/t23-/m0/s1. The van der Waals surface area contributed by atoms with Crippen LogP contribution in [-0.2, 0) is 11.2 Å². The smallest absolute Gasteiger partial charge is 0.326 e. The third kappa shape index (κ3) is 5.33. The van der Waals surface area contributed by atoms with Gasteiger partial charge in [0.05, 0.1) is 4.92 Å². The van der Waals surface area contributed by atoms with E-state index in [1.54, 1.807) is 36.5 Å². The fraction of sp³-hybridized carbons (Fsp3) is 0.0800. The third-order valence-corrected chi connectivity index (χ3v) is 5.11. The molecule has 2 N–H and O–H groups in total. The van der Waals surface area contributed by atoms with Crippen LogP contribution in [0.5, 0.6) is 11.5 Å². The number of ether oxygens (including phenoxy) is 1. The maximum absolute atomic E-state index is 12.6. The molecule has 0 radical (unpaired) electrons. The van der Waals surface area contributed by atoms with Gasteiger partial charge in [-0.25, -0.2) is 4.79 Å². The molecule has 0 aliphatic rings. The molecule has 9 heteroatoms. The van der Waals surface area contributed by atoms with E-state index in [-0.39, 0.29) is 17.8 Å². The zero-order valence-electron chi connectivity index (χ0n) is 17.8. The summed E-state index contributed by atoms with van der Waals surface area (Å²) >= 11 is 0. The molecule has 1 amide bonds. The molecule has 0 bridgehead atoms. The number of hydrogen-bond acceptors (Lipinski definition) is 6. The Kier molecular flexibility index (Phi) is 6.45. The van der Waals surface area contributed by atoms with Crippen molar-refractivity contribution in [2.24, 2.45) is 0 Å². The normalized spacial score (nSPS) is 11.5. The number of amides is 1. The van der Waals surface area contributed by atoms with Gasteiger partial charge in [0, 0.05) is 30.1 Å². The van der Waals surface area contributed by atoms with Gasteiger partial charge in [-0.1, -0.05) is 36.4 Å². The molecule has 0 saturated carbocycles. The Morgan fingerprint density at radius 2 is 1.59 bits per heavy atom. The SMILES string of the molecule is O=C(N[C@@H](Cc1ccc(Oc2ccc([N+](=O)[O-])cc2)cc1)C(=O)O)c1cc2ccccc2cn1. The Morgan fingerprint density at radius 1 is 0.971 bits per heavy atom. The number of aromatic nitrogens is 1. The highest BCUT2D eigenvalue weighted by Crippen LogP contribution is 2.24. The van der Waals surface area contributed by atoms with E-state index in [0.717, 1.165) is 10.8 Å². The third-order valence-electron chi connectivity index (χ3n) is 5.11. The zero-order valence-corrected chi connectivity index (χ0v) is 17.8. The number of nitrogens with zero attached hydrogens (tertiary/aromatic N) is 2. The minimum absolute atomic E-state index is 0.0386. The lowest BCUT2D eigenvalue weighted by Gasteiger charge is -2.15. The summed E-state index contributed by atoms with van der Waals surface area (Å²) in [5, 5.41) is 24.6. The average molecular weight is 457 g/mol. The number of carboxylic acids is 1. The van der Waals surface area contributed by atoms with E-state index < -0.39 is 22.8 Å². The first-order valence-corrected chi connectivity index (χ1v) is 10.3. The predicted octanol–water partition coefficient (Wildman–Crippen LogP) is 4.36. The molecule has 170 valence electrons. The number of carboxylic acid groups (broad SMARTS) is 1. The van der Waals surface area contributed by atoms with Crippen molar-refractivity contribution in [2.45, 2.75) is 12.5 Å². The topological polar surface area (TPSA) is 132 Å². The van der Waals surface area contributed by atoms with Gasteiger partial charge in [-0.05, 0) is 41.3 Å². The van der Waals surface area contributed by atoms with Gasteiger partial charge in [-0.2, -0.15) is 0 Å². The second-order valence-corrected chi connectivity index (χ2v) is 7.48. The number of rotatable bonds is 8. The van der Waals surface area contributed by atoms with E-state index in [1.165, 1.54) is 24.3 Å². The molecule has 4 aromatic rings. The van der Waals surface area contributed by atoms with Crippen LogP contribution in [0.4, 0.5) is 5.69 Å². The number of nitro groups is 1. The highest BCUT2D eigenvalue weighted by molar-refractivity contribution is 5.98. The van der Waals surface area contributed by atoms with Crippen molar-refractivity contribution in [1.29, 1.82) is 0 Å². The summed E-state index contributed by atoms with van der Waals surface area (Å²) in [7, 11) is 0. The maximum atomic E-state index is 12.6. The van der Waals surface area contributed by atoms with Gasteiger partial charge < -0.3 is 15.2 Å². The summed E-state index contributed by atoms with van der Waals surface area (Å²) in [4.78, 5) is 38.8. The number of aliphatic carboxylic acids is 1. The molecule has 0 aliphatic heterocycles. The summed E-state index contributed by atoms with van der Waals surface area (Å²) < 4.78 is 5.66. The van der Waals surface area contributed by atoms with E-state index in [1.807, 2.05) is 24.3 Å². The molecule has 4 rings (SSSR count). The summed E-state index contributed by atoms with van der Waals surface area (Å²) in [5.74, 6) is -0.831. The molecule has 9 nitrogen and oxygen atoms in total. The molecule has 0 spiro atoms. The number of fused-ring (bicyclic) bond motifs is 1. The van der Waals surface area contributed by atoms with E-state index in [2.05, 4.69) is 10.3 Å². The van der Waals surface area contributed by atoms with Crippen LogP contribution >= 0.6 is 0 Å². The van der Waals surface area contributed by atoms with Crippen molar-refractivity contribution in [3.63, 3.8) is 0 Å². The molecular weight excluding hydrogens is 438 g/mol. The van der Waals surface area contributed by atoms with E-state index >= 15 is 0 Å². The monoisotopic (exact) mass is 457 g/mol. The van der Waals surface area contributed by atoms with Crippen LogP contribution in [0.25, 0.3) is 10.8 Å². The highest BCUT2D eigenvalue weighted by Gasteiger charge is 2.22. The van der Waals surface area contributed by atoms with Crippen LogP contribution in [0.2, 0.25) is 0 Å². The molecule has 0 saturated heterocycles. The summed E-state index contributed by atoms with van der Waals surface area (Å²) in [6, 6.07) is 20.3. The number of benzene rings is 3. The first-order chi connectivity index (χ1) is 16.4. The predicted molar refractivity (Wildman–Crippen MR) is 124 cm³/mol. The van der Waals surface area contributed by atoms with Crippen molar-refractivity contribution in [2.75, 3.05) is 0 Å². The van der Waals surface area contributed by atoms with Crippen molar-refractivity contribution in [3.05, 3.63) is 106 Å². The van der Waals surface area contributed by atoms with Gasteiger partial charge in [-0.3, -0.25) is 19.9 Å². The summed E-state index contributed by atoms with van der Waals surface area (Å²) in [6.45, 7) is 0. The minimum Gasteiger partial charge on any atom is -0.480 e. The van der Waals surface area contributed by atoms with Gasteiger partial charge in [0.1, 0.15) is 23.2 Å². The minimum atomic E-state index is -1.17. The molecule has 0 fully saturated rings. The second-order valence-electron chi connectivity index (χ2n) is 7.48. The lowest BCUT2D eigenvalue weighted by Crippen LogP contribution is -2.42. The maximum Gasteiger partial charge on any atom is 0.326 e. The molecule has 1 heterocycles. The van der Waals surface area contributed by atoms with E-state index in [4.69, 9.17) is 4.74 Å². The summed E-state index contributed by atoms with van der Waals surface area (Å²) in [6.07, 6.45) is 1.64. The van der Waals surface area contributed by atoms with Crippen molar-refractivity contribution in [1.82, 2.24) is 10.3 Å². The Hall–Kier alpha value is -4.79. The number of carbonyl (C=O) groups is 2. The van der Waals surface area contributed by atoms with Gasteiger partial charge in [-0.15, -0.1) is 0 Å². The number of non-ortho nitro benzene ring substituents is 1. The van der Waals surface area contributed by atoms with E-state index in [0.29, 0.717) is 17.1 Å². The van der Waals surface area contributed by atoms with Crippen LogP contribution < -0.4 is 10.1 Å². The lowest BCUT2D eigenvalue weighted by molar-refractivity contribution is -0.384. The van der Waals surface area contributed by atoms with Gasteiger partial charge in [0.15, 0.2) is 0 Å². The summed E-state index contributed by atoms with van der Waals surface area (Å²) in [5.41, 5.74) is 0.773. The van der Waals surface area contributed by atoms with Gasteiger partial charge >= 0.3 is 5.97 Å². The van der Waals surface area contributed by atoms with Crippen molar-refractivity contribution < 1.29 is 24.4 Å². The first-order valence-electron chi connectivity index (χ1n) is 10.3. The van der Waals surface area contributed by atoms with Crippen LogP contribution in [-0.4, -0.2) is 32.9 Å². The average Bonchev–Trinajstić information content (AvgIpc) is 2.84. The first kappa shape index (κ1) is 22.4. The van der Waals surface area contributed by atoms with Crippen LogP contribution in [0.3, 0.4) is 0 Å². The Labute approximate surface area is 193 Å². The molecule has 34 heavy (non-hydrogen) atoms. The van der Waals surface area contributed by atoms with Crippen LogP contribution in [0.15, 0.2) is 85.1 Å². The molecule has 1 aromatic heterocycles. The quantitative estimate of drug-likeness (QED) is 0.297. The molecule has 1 atom stereocenters. The highest BCUT2D eigenvalue weighted by atomic mass is 16.6. The Morgan fingerprint density at radius 3 is 2.21 bits per heavy atom. The Bertz CT molecular complexity index is 1350. The molecule has 0 unspecified atom stereocenters.